The molecule has 7 heteroatoms. The first kappa shape index (κ1) is 18.2. The second-order valence-corrected chi connectivity index (χ2v) is 6.76. The lowest BCUT2D eigenvalue weighted by molar-refractivity contribution is -0.137. The van der Waals surface area contributed by atoms with E-state index in [0.29, 0.717) is 24.9 Å². The Labute approximate surface area is 145 Å². The number of nitrogens with zero attached hydrogens (tertiary/aromatic N) is 2. The average molecular weight is 356 g/mol. The molecule has 0 spiro atoms. The lowest BCUT2D eigenvalue weighted by Crippen LogP contribution is -2.41. The van der Waals surface area contributed by atoms with E-state index in [2.05, 4.69) is 4.90 Å². The van der Waals surface area contributed by atoms with Gasteiger partial charge in [-0.2, -0.15) is 13.2 Å². The molecule has 0 N–H and O–H groups in total. The van der Waals surface area contributed by atoms with Crippen molar-refractivity contribution in [1.82, 2.24) is 4.90 Å². The first-order valence-corrected chi connectivity index (χ1v) is 8.62. The minimum atomic E-state index is -4.36. The summed E-state index contributed by atoms with van der Waals surface area (Å²) >= 11 is 0. The highest BCUT2D eigenvalue weighted by atomic mass is 19.4. The van der Waals surface area contributed by atoms with Gasteiger partial charge in [-0.3, -0.25) is 4.79 Å². The zero-order valence-electron chi connectivity index (χ0n) is 14.3. The highest BCUT2D eigenvalue weighted by molar-refractivity contribution is 5.97. The Morgan fingerprint density at radius 3 is 2.28 bits per heavy atom. The van der Waals surface area contributed by atoms with Crippen molar-refractivity contribution >= 4 is 11.6 Å². The fourth-order valence-corrected chi connectivity index (χ4v) is 3.63. The van der Waals surface area contributed by atoms with Gasteiger partial charge in [0.2, 0.25) is 5.91 Å². The number of benzene rings is 1. The summed E-state index contributed by atoms with van der Waals surface area (Å²) in [6.45, 7) is 3.11. The van der Waals surface area contributed by atoms with Crippen LogP contribution in [0.4, 0.5) is 18.9 Å². The lowest BCUT2D eigenvalue weighted by Gasteiger charge is -2.32. The monoisotopic (exact) mass is 356 g/mol. The minimum Gasteiger partial charge on any atom is -0.381 e. The summed E-state index contributed by atoms with van der Waals surface area (Å²) in [5.74, 6) is -0.0741. The van der Waals surface area contributed by atoms with E-state index >= 15 is 0 Å². The molecule has 2 fully saturated rings. The Bertz CT molecular complexity index is 595. The number of methoxy groups -OCH3 is 1. The molecular formula is C18H23F3N2O2. The maximum absolute atomic E-state index is 12.7. The van der Waals surface area contributed by atoms with Gasteiger partial charge in [-0.15, -0.1) is 0 Å². The Hall–Kier alpha value is -1.60. The molecule has 0 bridgehead atoms. The molecule has 1 aromatic carbocycles. The summed E-state index contributed by atoms with van der Waals surface area (Å²) in [5.41, 5.74) is -0.154. The van der Waals surface area contributed by atoms with E-state index in [0.717, 1.165) is 44.5 Å². The summed E-state index contributed by atoms with van der Waals surface area (Å²) in [7, 11) is 1.72. The number of hydrogen-bond acceptors (Lipinski definition) is 3. The van der Waals surface area contributed by atoms with Crippen LogP contribution in [0.5, 0.6) is 0 Å². The number of carbonyl (C=O) groups is 1. The maximum atomic E-state index is 12.7. The zero-order chi connectivity index (χ0) is 18.0. The van der Waals surface area contributed by atoms with Crippen LogP contribution >= 0.6 is 0 Å². The van der Waals surface area contributed by atoms with E-state index in [1.165, 1.54) is 12.1 Å². The fraction of sp³-hybridized carbons (Fsp3) is 0.611. The van der Waals surface area contributed by atoms with Crippen LogP contribution < -0.4 is 4.90 Å². The number of likely N-dealkylation sites (tertiary alicyclic amines) is 1. The van der Waals surface area contributed by atoms with Gasteiger partial charge in [0, 0.05) is 39.0 Å². The average Bonchev–Trinajstić information content (AvgIpc) is 2.96. The summed E-state index contributed by atoms with van der Waals surface area (Å²) in [5, 5.41) is 0. The number of ether oxygens (including phenoxy) is 1. The maximum Gasteiger partial charge on any atom is 0.416 e. The molecule has 0 saturated carbocycles. The third-order valence-electron chi connectivity index (χ3n) is 5.17. The van der Waals surface area contributed by atoms with Gasteiger partial charge in [-0.25, -0.2) is 0 Å². The number of piperidine rings is 1. The van der Waals surface area contributed by atoms with Crippen molar-refractivity contribution < 1.29 is 22.7 Å². The van der Waals surface area contributed by atoms with Crippen molar-refractivity contribution in [1.29, 1.82) is 0 Å². The summed E-state index contributed by atoms with van der Waals surface area (Å²) in [6, 6.07) is 4.83. The normalized spacial score (nSPS) is 23.4. The molecule has 1 amide bonds. The highest BCUT2D eigenvalue weighted by Crippen LogP contribution is 2.32. The molecule has 1 atom stereocenters. The van der Waals surface area contributed by atoms with Crippen molar-refractivity contribution in [2.75, 3.05) is 38.2 Å². The number of anilines is 1. The van der Waals surface area contributed by atoms with E-state index in [-0.39, 0.29) is 11.8 Å². The van der Waals surface area contributed by atoms with Crippen LogP contribution in [0.15, 0.2) is 24.3 Å². The number of hydrogen-bond donors (Lipinski definition) is 0. The molecule has 3 rings (SSSR count). The SMILES string of the molecule is COC1CCN(CC2CCN(c3ccc(C(F)(F)F)cc3)C2=O)CC1. The summed E-state index contributed by atoms with van der Waals surface area (Å²) < 4.78 is 43.3. The van der Waals surface area contributed by atoms with E-state index in [4.69, 9.17) is 4.74 Å². The standard InChI is InChI=1S/C18H23F3N2O2/c1-25-16-7-9-22(10-8-16)12-13-6-11-23(17(13)24)15-4-2-14(3-5-15)18(19,20)21/h2-5,13,16H,6-12H2,1H3. The van der Waals surface area contributed by atoms with Gasteiger partial charge in [0.1, 0.15) is 0 Å². The topological polar surface area (TPSA) is 32.8 Å². The Morgan fingerprint density at radius 1 is 1.08 bits per heavy atom. The predicted molar refractivity (Wildman–Crippen MR) is 88.4 cm³/mol. The molecule has 138 valence electrons. The zero-order valence-corrected chi connectivity index (χ0v) is 14.3. The van der Waals surface area contributed by atoms with Crippen molar-refractivity contribution in [3.05, 3.63) is 29.8 Å². The molecule has 0 aliphatic carbocycles. The van der Waals surface area contributed by atoms with E-state index < -0.39 is 11.7 Å². The minimum absolute atomic E-state index is 0.00798. The molecule has 2 saturated heterocycles. The van der Waals surface area contributed by atoms with Gasteiger partial charge in [0.15, 0.2) is 0 Å². The molecular weight excluding hydrogens is 333 g/mol. The number of carbonyl (C=O) groups excluding carboxylic acids is 1. The molecule has 4 nitrogen and oxygen atoms in total. The second-order valence-electron chi connectivity index (χ2n) is 6.76. The number of amides is 1. The molecule has 2 aliphatic rings. The number of alkyl halides is 3. The van der Waals surface area contributed by atoms with Crippen LogP contribution in [0, 0.1) is 5.92 Å². The quantitative estimate of drug-likeness (QED) is 0.831. The third kappa shape index (κ3) is 4.15. The van der Waals surface area contributed by atoms with Crippen LogP contribution in [-0.2, 0) is 15.7 Å². The molecule has 1 unspecified atom stereocenters. The van der Waals surface area contributed by atoms with Crippen LogP contribution in [-0.4, -0.2) is 50.2 Å². The van der Waals surface area contributed by atoms with Crippen molar-refractivity contribution in [2.45, 2.75) is 31.5 Å². The van der Waals surface area contributed by atoms with Crippen LogP contribution in [0.1, 0.15) is 24.8 Å². The number of halogens is 3. The van der Waals surface area contributed by atoms with Gasteiger partial charge < -0.3 is 14.5 Å². The number of rotatable bonds is 4. The second kappa shape index (κ2) is 7.33. The van der Waals surface area contributed by atoms with Crippen LogP contribution in [0.3, 0.4) is 0 Å². The lowest BCUT2D eigenvalue weighted by atomic mass is 10.0. The Balaban J connectivity index is 1.58. The first-order chi connectivity index (χ1) is 11.9. The van der Waals surface area contributed by atoms with E-state index in [1.807, 2.05) is 0 Å². The fourth-order valence-electron chi connectivity index (χ4n) is 3.63. The largest absolute Gasteiger partial charge is 0.416 e. The molecule has 0 radical (unpaired) electrons. The Morgan fingerprint density at radius 2 is 1.72 bits per heavy atom. The van der Waals surface area contributed by atoms with Crippen molar-refractivity contribution in [2.24, 2.45) is 5.92 Å². The van der Waals surface area contributed by atoms with Gasteiger partial charge in [0.25, 0.3) is 0 Å². The van der Waals surface area contributed by atoms with Crippen molar-refractivity contribution in [3.8, 4) is 0 Å². The molecule has 1 aromatic rings. The van der Waals surface area contributed by atoms with Gasteiger partial charge >= 0.3 is 6.18 Å². The van der Waals surface area contributed by atoms with Crippen molar-refractivity contribution in [3.63, 3.8) is 0 Å². The van der Waals surface area contributed by atoms with E-state index in [9.17, 15) is 18.0 Å². The van der Waals surface area contributed by atoms with Crippen LogP contribution in [0.25, 0.3) is 0 Å². The Kier molecular flexibility index (Phi) is 5.34. The van der Waals surface area contributed by atoms with Gasteiger partial charge in [0.05, 0.1) is 17.6 Å². The van der Waals surface area contributed by atoms with Gasteiger partial charge in [-0.1, -0.05) is 0 Å². The molecule has 2 heterocycles. The van der Waals surface area contributed by atoms with Gasteiger partial charge in [-0.05, 0) is 43.5 Å². The summed E-state index contributed by atoms with van der Waals surface area (Å²) in [6.07, 6.45) is -1.37. The van der Waals surface area contributed by atoms with E-state index in [1.54, 1.807) is 12.0 Å². The predicted octanol–water partition coefficient (Wildman–Crippen LogP) is 3.17. The third-order valence-corrected chi connectivity index (χ3v) is 5.17. The summed E-state index contributed by atoms with van der Waals surface area (Å²) in [4.78, 5) is 16.5. The molecule has 0 aromatic heterocycles. The first-order valence-electron chi connectivity index (χ1n) is 8.62. The molecule has 25 heavy (non-hydrogen) atoms. The smallest absolute Gasteiger partial charge is 0.381 e. The molecule has 2 aliphatic heterocycles. The highest BCUT2D eigenvalue weighted by Gasteiger charge is 2.35. The van der Waals surface area contributed by atoms with Crippen LogP contribution in [0.2, 0.25) is 0 Å².